The zero-order valence-corrected chi connectivity index (χ0v) is 16.4. The zero-order valence-electron chi connectivity index (χ0n) is 16.4. The molecule has 0 atom stereocenters. The molecule has 0 spiro atoms. The van der Waals surface area contributed by atoms with Gasteiger partial charge in [0.15, 0.2) is 5.58 Å². The highest BCUT2D eigenvalue weighted by Gasteiger charge is 2.34. The average molecular weight is 409 g/mol. The fourth-order valence-electron chi connectivity index (χ4n) is 4.59. The molecule has 3 aromatic rings. The van der Waals surface area contributed by atoms with Gasteiger partial charge in [0, 0.05) is 36.0 Å². The summed E-state index contributed by atoms with van der Waals surface area (Å²) in [6.45, 7) is 3.14. The summed E-state index contributed by atoms with van der Waals surface area (Å²) >= 11 is 0. The summed E-state index contributed by atoms with van der Waals surface area (Å²) in [5, 5.41) is 18.1. The van der Waals surface area contributed by atoms with Gasteiger partial charge in [-0.15, -0.1) is 0 Å². The first-order chi connectivity index (χ1) is 14.5. The van der Waals surface area contributed by atoms with Crippen molar-refractivity contribution in [2.45, 2.75) is 32.1 Å². The van der Waals surface area contributed by atoms with Crippen molar-refractivity contribution in [1.82, 2.24) is 10.5 Å². The Labute approximate surface area is 171 Å². The van der Waals surface area contributed by atoms with Crippen molar-refractivity contribution < 1.29 is 23.6 Å². The summed E-state index contributed by atoms with van der Waals surface area (Å²) in [6.07, 6.45) is 1.98. The number of phenols is 1. The quantitative estimate of drug-likeness (QED) is 0.643. The summed E-state index contributed by atoms with van der Waals surface area (Å²) in [5.74, 6) is -1.03. The monoisotopic (exact) mass is 409 g/mol. The number of carbonyl (C=O) groups excluding carboxylic acids is 2. The van der Waals surface area contributed by atoms with E-state index in [-0.39, 0.29) is 23.0 Å². The Bertz CT molecular complexity index is 1190. The Morgan fingerprint density at radius 3 is 2.73 bits per heavy atom. The number of imide groups is 1. The predicted molar refractivity (Wildman–Crippen MR) is 107 cm³/mol. The molecule has 2 amide bonds. The van der Waals surface area contributed by atoms with Crippen LogP contribution in [0.1, 0.15) is 57.7 Å². The number of anilines is 1. The second-order valence-electron chi connectivity index (χ2n) is 7.75. The van der Waals surface area contributed by atoms with E-state index in [1.807, 2.05) is 11.8 Å². The molecule has 0 saturated carbocycles. The molecule has 154 valence electrons. The molecule has 0 unspecified atom stereocenters. The topological polar surface area (TPSA) is 95.7 Å². The summed E-state index contributed by atoms with van der Waals surface area (Å²) in [7, 11) is 0. The van der Waals surface area contributed by atoms with Gasteiger partial charge in [0.25, 0.3) is 11.8 Å². The van der Waals surface area contributed by atoms with Crippen LogP contribution in [0.15, 0.2) is 28.8 Å². The van der Waals surface area contributed by atoms with Gasteiger partial charge in [-0.3, -0.25) is 14.9 Å². The number of aromatic hydroxyl groups is 1. The third kappa shape index (κ3) is 2.74. The minimum atomic E-state index is -0.457. The number of fused-ring (bicyclic) bond motifs is 2. The van der Waals surface area contributed by atoms with Crippen LogP contribution in [0.5, 0.6) is 5.75 Å². The van der Waals surface area contributed by atoms with E-state index in [9.17, 15) is 19.1 Å². The van der Waals surface area contributed by atoms with E-state index in [1.165, 1.54) is 12.1 Å². The highest BCUT2D eigenvalue weighted by Crippen LogP contribution is 2.41. The second kappa shape index (κ2) is 6.83. The zero-order chi connectivity index (χ0) is 21.0. The Morgan fingerprint density at radius 2 is 2.00 bits per heavy atom. The SMILES string of the molecule is CCc1c(O)c(N2CCC(c3noc4cc(F)ccc34)CC2)cc2c1C(=O)NC2=O. The van der Waals surface area contributed by atoms with Crippen LogP contribution in [0, 0.1) is 5.82 Å². The average Bonchev–Trinajstić information content (AvgIpc) is 3.28. The molecule has 0 aliphatic carbocycles. The fraction of sp³-hybridized carbons (Fsp3) is 0.318. The van der Waals surface area contributed by atoms with Gasteiger partial charge in [-0.2, -0.15) is 0 Å². The lowest BCUT2D eigenvalue weighted by molar-refractivity contribution is 0.0879. The van der Waals surface area contributed by atoms with Crippen molar-refractivity contribution in [3.05, 3.63) is 52.5 Å². The van der Waals surface area contributed by atoms with Crippen LogP contribution in [-0.4, -0.2) is 35.2 Å². The van der Waals surface area contributed by atoms with E-state index in [0.29, 0.717) is 41.9 Å². The normalized spacial score (nSPS) is 16.9. The van der Waals surface area contributed by atoms with Crippen LogP contribution < -0.4 is 10.2 Å². The van der Waals surface area contributed by atoms with Gasteiger partial charge >= 0.3 is 0 Å². The first-order valence-electron chi connectivity index (χ1n) is 10.0. The van der Waals surface area contributed by atoms with E-state index in [1.54, 1.807) is 12.1 Å². The number of carbonyl (C=O) groups is 2. The van der Waals surface area contributed by atoms with E-state index in [2.05, 4.69) is 10.5 Å². The number of halogens is 1. The number of hydrogen-bond acceptors (Lipinski definition) is 6. The van der Waals surface area contributed by atoms with Gasteiger partial charge in [-0.1, -0.05) is 12.1 Å². The van der Waals surface area contributed by atoms with Crippen molar-refractivity contribution >= 4 is 28.5 Å². The van der Waals surface area contributed by atoms with Crippen molar-refractivity contribution in [2.75, 3.05) is 18.0 Å². The maximum Gasteiger partial charge on any atom is 0.259 e. The summed E-state index contributed by atoms with van der Waals surface area (Å²) in [4.78, 5) is 26.3. The number of aromatic nitrogens is 1. The van der Waals surface area contributed by atoms with E-state index in [4.69, 9.17) is 4.52 Å². The Hall–Kier alpha value is -3.42. The molecule has 2 aliphatic rings. The van der Waals surface area contributed by atoms with Crippen LogP contribution in [0.4, 0.5) is 10.1 Å². The molecule has 1 aromatic heterocycles. The smallest absolute Gasteiger partial charge is 0.259 e. The third-order valence-corrected chi connectivity index (χ3v) is 6.12. The highest BCUT2D eigenvalue weighted by molar-refractivity contribution is 6.23. The largest absolute Gasteiger partial charge is 0.505 e. The molecular weight excluding hydrogens is 389 g/mol. The highest BCUT2D eigenvalue weighted by atomic mass is 19.1. The molecule has 8 heteroatoms. The van der Waals surface area contributed by atoms with Crippen LogP contribution in [0.25, 0.3) is 11.0 Å². The van der Waals surface area contributed by atoms with Gasteiger partial charge in [0.2, 0.25) is 0 Å². The van der Waals surface area contributed by atoms with E-state index in [0.717, 1.165) is 23.9 Å². The molecular formula is C22H20FN3O4. The number of hydrogen-bond donors (Lipinski definition) is 2. The first kappa shape index (κ1) is 18.6. The lowest BCUT2D eigenvalue weighted by atomic mass is 9.90. The van der Waals surface area contributed by atoms with Crippen LogP contribution in [-0.2, 0) is 6.42 Å². The van der Waals surface area contributed by atoms with Gasteiger partial charge in [0.05, 0.1) is 22.5 Å². The standard InChI is InChI=1S/C22H20FN3O4/c1-2-13-18-15(21(28)24-22(18)29)10-16(20(13)27)26-7-5-11(6-8-26)19-14-4-3-12(23)9-17(14)30-25-19/h3-4,9-11,27H,2,5-8H2,1H3,(H,24,28,29). The molecule has 30 heavy (non-hydrogen) atoms. The molecule has 1 fully saturated rings. The number of rotatable bonds is 3. The molecule has 0 radical (unpaired) electrons. The number of phenolic OH excluding ortho intramolecular Hbond substituents is 1. The van der Waals surface area contributed by atoms with Gasteiger partial charge in [0.1, 0.15) is 11.6 Å². The molecule has 2 aromatic carbocycles. The Morgan fingerprint density at radius 1 is 1.23 bits per heavy atom. The maximum atomic E-state index is 13.4. The summed E-state index contributed by atoms with van der Waals surface area (Å²) in [5.41, 5.74) is 2.92. The lowest BCUT2D eigenvalue weighted by Crippen LogP contribution is -2.33. The number of nitrogens with zero attached hydrogens (tertiary/aromatic N) is 2. The molecule has 0 bridgehead atoms. The third-order valence-electron chi connectivity index (χ3n) is 6.12. The van der Waals surface area contributed by atoms with Crippen LogP contribution in [0.2, 0.25) is 0 Å². The molecule has 3 heterocycles. The minimum absolute atomic E-state index is 0.0573. The second-order valence-corrected chi connectivity index (χ2v) is 7.75. The number of benzene rings is 2. The maximum absolute atomic E-state index is 13.4. The van der Waals surface area contributed by atoms with Crippen molar-refractivity contribution in [3.63, 3.8) is 0 Å². The van der Waals surface area contributed by atoms with Crippen molar-refractivity contribution in [3.8, 4) is 5.75 Å². The number of amides is 2. The van der Waals surface area contributed by atoms with E-state index >= 15 is 0 Å². The fourth-order valence-corrected chi connectivity index (χ4v) is 4.59. The summed E-state index contributed by atoms with van der Waals surface area (Å²) < 4.78 is 18.7. The number of piperidine rings is 1. The first-order valence-corrected chi connectivity index (χ1v) is 10.0. The van der Waals surface area contributed by atoms with Crippen LogP contribution in [0.3, 0.4) is 0 Å². The molecule has 2 aliphatic heterocycles. The molecule has 7 nitrogen and oxygen atoms in total. The molecule has 2 N–H and O–H groups in total. The van der Waals surface area contributed by atoms with Gasteiger partial charge in [-0.05, 0) is 37.5 Å². The van der Waals surface area contributed by atoms with Crippen LogP contribution >= 0.6 is 0 Å². The number of nitrogens with one attached hydrogen (secondary N) is 1. The van der Waals surface area contributed by atoms with Gasteiger partial charge < -0.3 is 14.5 Å². The minimum Gasteiger partial charge on any atom is -0.505 e. The summed E-state index contributed by atoms with van der Waals surface area (Å²) in [6, 6.07) is 6.04. The lowest BCUT2D eigenvalue weighted by Gasteiger charge is -2.34. The predicted octanol–water partition coefficient (Wildman–Crippen LogP) is 3.50. The van der Waals surface area contributed by atoms with E-state index < -0.39 is 11.8 Å². The van der Waals surface area contributed by atoms with Crippen molar-refractivity contribution in [2.24, 2.45) is 0 Å². The van der Waals surface area contributed by atoms with Gasteiger partial charge in [-0.25, -0.2) is 4.39 Å². The molecule has 5 rings (SSSR count). The Kier molecular flexibility index (Phi) is 4.23. The van der Waals surface area contributed by atoms with Crippen molar-refractivity contribution in [1.29, 1.82) is 0 Å². The molecule has 1 saturated heterocycles. The Balaban J connectivity index is 1.43.